The van der Waals surface area contributed by atoms with Gasteiger partial charge in [-0.05, 0) is 29.6 Å². The average molecular weight is 352 g/mol. The molecular formula is C15H16N2O4S2. The molecule has 0 bridgehead atoms. The van der Waals surface area contributed by atoms with Crippen molar-refractivity contribution in [1.29, 1.82) is 0 Å². The average Bonchev–Trinajstić information content (AvgIpc) is 3.00. The normalized spacial score (nSPS) is 11.0. The molecule has 0 aliphatic heterocycles. The molecule has 6 nitrogen and oxygen atoms in total. The third-order valence-electron chi connectivity index (χ3n) is 2.97. The van der Waals surface area contributed by atoms with E-state index in [9.17, 15) is 18.0 Å². The molecular weight excluding hydrogens is 336 g/mol. The summed E-state index contributed by atoms with van der Waals surface area (Å²) < 4.78 is 22.9. The first kappa shape index (κ1) is 17.2. The van der Waals surface area contributed by atoms with Crippen molar-refractivity contribution in [2.75, 3.05) is 18.1 Å². The number of carbonyl (C=O) groups is 2. The Kier molecular flexibility index (Phi) is 5.51. The quantitative estimate of drug-likeness (QED) is 0.831. The Morgan fingerprint density at radius 3 is 2.65 bits per heavy atom. The standard InChI is InChI=1S/C15H16N2O4S2/c1-23(20,21)13-4-2-3-12(9-13)17-14(18)5-7-16-15(19)11-6-8-22-10-11/h2-4,6,8-10H,5,7H2,1H3,(H,16,19)(H,17,18). The van der Waals surface area contributed by atoms with Gasteiger partial charge < -0.3 is 10.6 Å². The fourth-order valence-corrected chi connectivity index (χ4v) is 3.12. The molecule has 0 saturated carbocycles. The van der Waals surface area contributed by atoms with Crippen molar-refractivity contribution < 1.29 is 18.0 Å². The van der Waals surface area contributed by atoms with E-state index in [4.69, 9.17) is 0 Å². The number of anilines is 1. The van der Waals surface area contributed by atoms with Crippen LogP contribution in [-0.2, 0) is 14.6 Å². The summed E-state index contributed by atoms with van der Waals surface area (Å²) in [4.78, 5) is 23.7. The first-order valence-corrected chi connectivity index (χ1v) is 9.60. The van der Waals surface area contributed by atoms with Crippen LogP contribution < -0.4 is 10.6 Å². The van der Waals surface area contributed by atoms with Gasteiger partial charge in [0.15, 0.2) is 9.84 Å². The van der Waals surface area contributed by atoms with E-state index in [0.29, 0.717) is 11.3 Å². The zero-order chi connectivity index (χ0) is 16.9. The fourth-order valence-electron chi connectivity index (χ4n) is 1.81. The topological polar surface area (TPSA) is 92.3 Å². The molecule has 2 N–H and O–H groups in total. The molecule has 1 aromatic carbocycles. The molecule has 0 radical (unpaired) electrons. The van der Waals surface area contributed by atoms with Crippen LogP contribution in [0.1, 0.15) is 16.8 Å². The van der Waals surface area contributed by atoms with E-state index < -0.39 is 9.84 Å². The van der Waals surface area contributed by atoms with E-state index in [2.05, 4.69) is 10.6 Å². The number of thiophene rings is 1. The maximum Gasteiger partial charge on any atom is 0.252 e. The van der Waals surface area contributed by atoms with Crippen LogP contribution in [0.5, 0.6) is 0 Å². The lowest BCUT2D eigenvalue weighted by molar-refractivity contribution is -0.116. The van der Waals surface area contributed by atoms with Gasteiger partial charge in [-0.25, -0.2) is 8.42 Å². The summed E-state index contributed by atoms with van der Waals surface area (Å²) in [7, 11) is -3.32. The number of rotatable bonds is 6. The Morgan fingerprint density at radius 1 is 1.22 bits per heavy atom. The van der Waals surface area contributed by atoms with Crippen molar-refractivity contribution in [1.82, 2.24) is 5.32 Å². The summed E-state index contributed by atoms with van der Waals surface area (Å²) in [6.07, 6.45) is 1.20. The van der Waals surface area contributed by atoms with Gasteiger partial charge in [0.05, 0.1) is 4.90 Å². The number of nitrogens with one attached hydrogen (secondary N) is 2. The molecule has 8 heteroatoms. The molecule has 0 unspecified atom stereocenters. The third kappa shape index (κ3) is 5.19. The summed E-state index contributed by atoms with van der Waals surface area (Å²) in [5, 5.41) is 8.79. The first-order chi connectivity index (χ1) is 10.9. The predicted octanol–water partition coefficient (Wildman–Crippen LogP) is 1.91. The summed E-state index contributed by atoms with van der Waals surface area (Å²) in [5.41, 5.74) is 0.971. The molecule has 0 aliphatic carbocycles. The molecule has 0 atom stereocenters. The molecule has 2 aromatic rings. The Morgan fingerprint density at radius 2 is 2.00 bits per heavy atom. The maximum absolute atomic E-state index is 11.8. The minimum absolute atomic E-state index is 0.0962. The lowest BCUT2D eigenvalue weighted by atomic mass is 10.3. The fraction of sp³-hybridized carbons (Fsp3) is 0.200. The van der Waals surface area contributed by atoms with Crippen molar-refractivity contribution >= 4 is 38.7 Å². The molecule has 0 spiro atoms. The second kappa shape index (κ2) is 7.38. The van der Waals surface area contributed by atoms with Gasteiger partial charge in [-0.1, -0.05) is 6.07 Å². The van der Waals surface area contributed by atoms with Gasteiger partial charge in [0.2, 0.25) is 5.91 Å². The highest BCUT2D eigenvalue weighted by Gasteiger charge is 2.10. The van der Waals surface area contributed by atoms with Crippen molar-refractivity contribution in [3.05, 3.63) is 46.7 Å². The van der Waals surface area contributed by atoms with Crippen LogP contribution >= 0.6 is 11.3 Å². The van der Waals surface area contributed by atoms with Gasteiger partial charge in [-0.15, -0.1) is 0 Å². The summed E-state index contributed by atoms with van der Waals surface area (Å²) in [6.45, 7) is 0.201. The van der Waals surface area contributed by atoms with Crippen LogP contribution in [0, 0.1) is 0 Å². The molecule has 2 rings (SSSR count). The second-order valence-electron chi connectivity index (χ2n) is 4.87. The van der Waals surface area contributed by atoms with E-state index in [1.165, 1.54) is 23.5 Å². The summed E-state index contributed by atoms with van der Waals surface area (Å²) >= 11 is 1.42. The predicted molar refractivity (Wildman–Crippen MR) is 89.5 cm³/mol. The zero-order valence-corrected chi connectivity index (χ0v) is 14.0. The number of hydrogen-bond acceptors (Lipinski definition) is 5. The van der Waals surface area contributed by atoms with Crippen LogP contribution in [0.25, 0.3) is 0 Å². The highest BCUT2D eigenvalue weighted by molar-refractivity contribution is 7.90. The Labute approximate surface area is 138 Å². The lowest BCUT2D eigenvalue weighted by Crippen LogP contribution is -2.27. The van der Waals surface area contributed by atoms with Crippen molar-refractivity contribution in [2.45, 2.75) is 11.3 Å². The minimum atomic E-state index is -3.32. The molecule has 0 fully saturated rings. The van der Waals surface area contributed by atoms with Gasteiger partial charge >= 0.3 is 0 Å². The third-order valence-corrected chi connectivity index (χ3v) is 4.76. The smallest absolute Gasteiger partial charge is 0.252 e. The van der Waals surface area contributed by atoms with Crippen LogP contribution in [0.2, 0.25) is 0 Å². The van der Waals surface area contributed by atoms with Crippen molar-refractivity contribution in [3.63, 3.8) is 0 Å². The monoisotopic (exact) mass is 352 g/mol. The molecule has 23 heavy (non-hydrogen) atoms. The largest absolute Gasteiger partial charge is 0.351 e. The molecule has 0 aliphatic rings. The minimum Gasteiger partial charge on any atom is -0.351 e. The molecule has 1 aromatic heterocycles. The Hall–Kier alpha value is -2.19. The van der Waals surface area contributed by atoms with Crippen LogP contribution in [0.3, 0.4) is 0 Å². The van der Waals surface area contributed by atoms with Crippen LogP contribution in [0.4, 0.5) is 5.69 Å². The SMILES string of the molecule is CS(=O)(=O)c1cccc(NC(=O)CCNC(=O)c2ccsc2)c1. The molecule has 2 amide bonds. The number of sulfone groups is 1. The maximum atomic E-state index is 11.8. The number of amides is 2. The van der Waals surface area contributed by atoms with E-state index in [-0.39, 0.29) is 29.7 Å². The Balaban J connectivity index is 1.84. The zero-order valence-electron chi connectivity index (χ0n) is 12.4. The summed E-state index contributed by atoms with van der Waals surface area (Å²) in [6, 6.07) is 7.74. The van der Waals surface area contributed by atoms with E-state index in [1.807, 2.05) is 0 Å². The van der Waals surface area contributed by atoms with Gasteiger partial charge in [0.1, 0.15) is 0 Å². The number of benzene rings is 1. The van der Waals surface area contributed by atoms with Gasteiger partial charge in [0.25, 0.3) is 5.91 Å². The van der Waals surface area contributed by atoms with Crippen LogP contribution in [0.15, 0.2) is 46.0 Å². The highest BCUT2D eigenvalue weighted by Crippen LogP contribution is 2.15. The number of hydrogen-bond donors (Lipinski definition) is 2. The number of carbonyl (C=O) groups excluding carboxylic acids is 2. The van der Waals surface area contributed by atoms with Gasteiger partial charge in [0, 0.05) is 35.9 Å². The van der Waals surface area contributed by atoms with E-state index >= 15 is 0 Å². The van der Waals surface area contributed by atoms with Crippen LogP contribution in [-0.4, -0.2) is 33.0 Å². The van der Waals surface area contributed by atoms with Crippen molar-refractivity contribution in [3.8, 4) is 0 Å². The Bertz CT molecular complexity index is 799. The highest BCUT2D eigenvalue weighted by atomic mass is 32.2. The van der Waals surface area contributed by atoms with Gasteiger partial charge in [-0.2, -0.15) is 11.3 Å². The first-order valence-electron chi connectivity index (χ1n) is 6.76. The molecule has 122 valence electrons. The summed E-state index contributed by atoms with van der Waals surface area (Å²) in [5.74, 6) is -0.528. The lowest BCUT2D eigenvalue weighted by Gasteiger charge is -2.07. The van der Waals surface area contributed by atoms with E-state index in [0.717, 1.165) is 6.26 Å². The molecule has 0 saturated heterocycles. The van der Waals surface area contributed by atoms with Gasteiger partial charge in [-0.3, -0.25) is 9.59 Å². The van der Waals surface area contributed by atoms with Crippen molar-refractivity contribution in [2.24, 2.45) is 0 Å². The second-order valence-corrected chi connectivity index (χ2v) is 7.66. The van der Waals surface area contributed by atoms with E-state index in [1.54, 1.807) is 29.0 Å². The molecule has 1 heterocycles.